The highest BCUT2D eigenvalue weighted by atomic mass is 32.2. The standard InChI is InChI=1S/C25H18N2O6S/c1-31-24(30)16-7-9-18-19(11-16)26-25(27(23(18)29)17-5-3-2-4-6-17)34-13-20(28)15-8-10-21-22(12-15)33-14-32-21/h2-12H,13-14H2,1H3. The fraction of sp³-hybridized carbons (Fsp3) is 0.120. The molecule has 4 aromatic rings. The summed E-state index contributed by atoms with van der Waals surface area (Å²) < 4.78 is 16.9. The fourth-order valence-corrected chi connectivity index (χ4v) is 4.50. The van der Waals surface area contributed by atoms with E-state index < -0.39 is 5.97 Å². The van der Waals surface area contributed by atoms with Gasteiger partial charge in [-0.1, -0.05) is 30.0 Å². The number of benzene rings is 3. The number of rotatable bonds is 6. The molecule has 0 bridgehead atoms. The molecule has 8 nitrogen and oxygen atoms in total. The van der Waals surface area contributed by atoms with E-state index in [0.29, 0.717) is 38.8 Å². The van der Waals surface area contributed by atoms with Gasteiger partial charge in [0.25, 0.3) is 5.56 Å². The van der Waals surface area contributed by atoms with Crippen LogP contribution >= 0.6 is 11.8 Å². The van der Waals surface area contributed by atoms with Gasteiger partial charge in [0.05, 0.1) is 35.0 Å². The van der Waals surface area contributed by atoms with Crippen molar-refractivity contribution in [1.29, 1.82) is 0 Å². The lowest BCUT2D eigenvalue weighted by molar-refractivity contribution is 0.0600. The molecule has 0 unspecified atom stereocenters. The van der Waals surface area contributed by atoms with Crippen LogP contribution in [-0.2, 0) is 4.74 Å². The van der Waals surface area contributed by atoms with Crippen LogP contribution in [0.3, 0.4) is 0 Å². The molecule has 1 aliphatic heterocycles. The Morgan fingerprint density at radius 3 is 2.56 bits per heavy atom. The van der Waals surface area contributed by atoms with E-state index in [9.17, 15) is 14.4 Å². The summed E-state index contributed by atoms with van der Waals surface area (Å²) in [7, 11) is 1.29. The van der Waals surface area contributed by atoms with Crippen LogP contribution in [0, 0.1) is 0 Å². The molecule has 0 fully saturated rings. The van der Waals surface area contributed by atoms with Gasteiger partial charge in [-0.15, -0.1) is 0 Å². The van der Waals surface area contributed by atoms with E-state index in [2.05, 4.69) is 4.98 Å². The molecule has 0 saturated heterocycles. The number of ether oxygens (including phenoxy) is 3. The lowest BCUT2D eigenvalue weighted by Gasteiger charge is -2.13. The predicted molar refractivity (Wildman–Crippen MR) is 126 cm³/mol. The van der Waals surface area contributed by atoms with Gasteiger partial charge in [-0.25, -0.2) is 9.78 Å². The van der Waals surface area contributed by atoms with E-state index in [4.69, 9.17) is 14.2 Å². The Morgan fingerprint density at radius 1 is 1.00 bits per heavy atom. The number of ketones is 1. The minimum Gasteiger partial charge on any atom is -0.465 e. The third kappa shape index (κ3) is 4.01. The Morgan fingerprint density at radius 2 is 1.76 bits per heavy atom. The second-order valence-corrected chi connectivity index (χ2v) is 8.32. The number of nitrogens with zero attached hydrogens (tertiary/aromatic N) is 2. The number of para-hydroxylation sites is 1. The van der Waals surface area contributed by atoms with E-state index in [1.807, 2.05) is 18.2 Å². The first-order chi connectivity index (χ1) is 16.5. The third-order valence-corrected chi connectivity index (χ3v) is 6.24. The summed E-state index contributed by atoms with van der Waals surface area (Å²) in [6.45, 7) is 0.125. The number of carbonyl (C=O) groups is 2. The first kappa shape index (κ1) is 21.7. The maximum absolute atomic E-state index is 13.4. The summed E-state index contributed by atoms with van der Waals surface area (Å²) in [5.74, 6) is 0.487. The maximum Gasteiger partial charge on any atom is 0.337 e. The van der Waals surface area contributed by atoms with Crippen LogP contribution < -0.4 is 15.0 Å². The molecule has 1 aliphatic rings. The topological polar surface area (TPSA) is 96.7 Å². The maximum atomic E-state index is 13.4. The minimum absolute atomic E-state index is 0.0428. The number of thioether (sulfide) groups is 1. The highest BCUT2D eigenvalue weighted by Crippen LogP contribution is 2.33. The molecule has 34 heavy (non-hydrogen) atoms. The molecule has 0 radical (unpaired) electrons. The van der Waals surface area contributed by atoms with Crippen LogP contribution in [0.15, 0.2) is 76.7 Å². The number of carbonyl (C=O) groups excluding carboxylic acids is 2. The first-order valence-electron chi connectivity index (χ1n) is 10.3. The molecule has 0 aliphatic carbocycles. The summed E-state index contributed by atoms with van der Waals surface area (Å²) in [6.07, 6.45) is 0. The van der Waals surface area contributed by atoms with Crippen molar-refractivity contribution in [2.75, 3.05) is 19.7 Å². The SMILES string of the molecule is COC(=O)c1ccc2c(=O)n(-c3ccccc3)c(SCC(=O)c3ccc4c(c3)OCO4)nc2c1. The van der Waals surface area contributed by atoms with Crippen molar-refractivity contribution in [3.8, 4) is 17.2 Å². The van der Waals surface area contributed by atoms with Crippen molar-refractivity contribution >= 4 is 34.4 Å². The van der Waals surface area contributed by atoms with Crippen LogP contribution in [0.2, 0.25) is 0 Å². The van der Waals surface area contributed by atoms with E-state index in [1.165, 1.54) is 23.8 Å². The second kappa shape index (κ2) is 9.03. The lowest BCUT2D eigenvalue weighted by Crippen LogP contribution is -2.22. The Balaban J connectivity index is 1.54. The average Bonchev–Trinajstić information content (AvgIpc) is 3.35. The Labute approximate surface area is 198 Å². The van der Waals surface area contributed by atoms with Gasteiger partial charge >= 0.3 is 5.97 Å². The van der Waals surface area contributed by atoms with E-state index in [0.717, 1.165) is 11.8 Å². The number of hydrogen-bond acceptors (Lipinski definition) is 8. The van der Waals surface area contributed by atoms with Crippen LogP contribution in [0.4, 0.5) is 0 Å². The molecule has 0 spiro atoms. The zero-order valence-electron chi connectivity index (χ0n) is 18.0. The Kier molecular flexibility index (Phi) is 5.77. The summed E-state index contributed by atoms with van der Waals surface area (Å²) in [5.41, 5.74) is 1.42. The van der Waals surface area contributed by atoms with Gasteiger partial charge in [0.2, 0.25) is 6.79 Å². The highest BCUT2D eigenvalue weighted by molar-refractivity contribution is 7.99. The van der Waals surface area contributed by atoms with Crippen LogP contribution in [-0.4, -0.2) is 41.0 Å². The number of fused-ring (bicyclic) bond motifs is 2. The number of methoxy groups -OCH3 is 1. The average molecular weight is 474 g/mol. The summed E-state index contributed by atoms with van der Waals surface area (Å²) in [6, 6.07) is 18.7. The Hall–Kier alpha value is -4.11. The van der Waals surface area contributed by atoms with Gasteiger partial charge in [-0.05, 0) is 48.5 Å². The molecule has 0 saturated carbocycles. The normalized spacial score (nSPS) is 12.0. The summed E-state index contributed by atoms with van der Waals surface area (Å²) in [5, 5.41) is 0.683. The van der Waals surface area contributed by atoms with Crippen molar-refractivity contribution in [2.45, 2.75) is 5.16 Å². The molecule has 3 aromatic carbocycles. The molecule has 0 amide bonds. The molecule has 0 N–H and O–H groups in total. The zero-order valence-corrected chi connectivity index (χ0v) is 18.8. The number of aromatic nitrogens is 2. The molecule has 9 heteroatoms. The fourth-order valence-electron chi connectivity index (χ4n) is 3.60. The number of hydrogen-bond donors (Lipinski definition) is 0. The van der Waals surface area contributed by atoms with Crippen molar-refractivity contribution < 1.29 is 23.8 Å². The molecule has 5 rings (SSSR count). The number of Topliss-reactive ketones (excluding diaryl/α,β-unsaturated/α-hetero) is 1. The van der Waals surface area contributed by atoms with Gasteiger partial charge in [0, 0.05) is 5.56 Å². The van der Waals surface area contributed by atoms with Crippen molar-refractivity contribution in [3.05, 3.63) is 88.2 Å². The summed E-state index contributed by atoms with van der Waals surface area (Å²) >= 11 is 1.14. The molecular formula is C25H18N2O6S. The van der Waals surface area contributed by atoms with Crippen LogP contribution in [0.5, 0.6) is 11.5 Å². The largest absolute Gasteiger partial charge is 0.465 e. The lowest BCUT2D eigenvalue weighted by atomic mass is 10.1. The molecule has 170 valence electrons. The van der Waals surface area contributed by atoms with Gasteiger partial charge in [0.15, 0.2) is 22.4 Å². The quantitative estimate of drug-likeness (QED) is 0.180. The number of esters is 1. The van der Waals surface area contributed by atoms with Crippen molar-refractivity contribution in [3.63, 3.8) is 0 Å². The van der Waals surface area contributed by atoms with Crippen LogP contribution in [0.1, 0.15) is 20.7 Å². The van der Waals surface area contributed by atoms with Gasteiger partial charge in [-0.2, -0.15) is 0 Å². The highest BCUT2D eigenvalue weighted by Gasteiger charge is 2.19. The minimum atomic E-state index is -0.525. The third-order valence-electron chi connectivity index (χ3n) is 5.30. The predicted octanol–water partition coefficient (Wildman–Crippen LogP) is 3.88. The van der Waals surface area contributed by atoms with Gasteiger partial charge < -0.3 is 14.2 Å². The second-order valence-electron chi connectivity index (χ2n) is 7.37. The summed E-state index contributed by atoms with van der Waals surface area (Å²) in [4.78, 5) is 42.9. The van der Waals surface area contributed by atoms with E-state index >= 15 is 0 Å². The smallest absolute Gasteiger partial charge is 0.337 e. The zero-order chi connectivity index (χ0) is 23.7. The van der Waals surface area contributed by atoms with Gasteiger partial charge in [-0.3, -0.25) is 14.2 Å². The van der Waals surface area contributed by atoms with E-state index in [-0.39, 0.29) is 29.5 Å². The molecule has 1 aromatic heterocycles. The molecule has 0 atom stereocenters. The Bertz CT molecular complexity index is 1480. The van der Waals surface area contributed by atoms with Crippen LogP contribution in [0.25, 0.3) is 16.6 Å². The van der Waals surface area contributed by atoms with Gasteiger partial charge in [0.1, 0.15) is 0 Å². The molecule has 2 heterocycles. The molecular weight excluding hydrogens is 456 g/mol. The monoisotopic (exact) mass is 474 g/mol. The van der Waals surface area contributed by atoms with E-state index in [1.54, 1.807) is 36.4 Å². The van der Waals surface area contributed by atoms with Crippen molar-refractivity contribution in [1.82, 2.24) is 9.55 Å². The van der Waals surface area contributed by atoms with Crippen molar-refractivity contribution in [2.24, 2.45) is 0 Å². The first-order valence-corrected chi connectivity index (χ1v) is 11.3.